The highest BCUT2D eigenvalue weighted by Crippen LogP contribution is 2.31. The molecule has 2 aromatic heterocycles. The first kappa shape index (κ1) is 14.4. The zero-order valence-corrected chi connectivity index (χ0v) is 12.7. The maximum Gasteiger partial charge on any atom is 0.259 e. The number of anilines is 1. The summed E-state index contributed by atoms with van der Waals surface area (Å²) in [5, 5.41) is 7.01. The summed E-state index contributed by atoms with van der Waals surface area (Å²) in [6, 6.07) is 9.17. The molecule has 7 heteroatoms. The highest BCUT2D eigenvalue weighted by atomic mass is 16.6. The monoisotopic (exact) mass is 325 g/mol. The van der Waals surface area contributed by atoms with Crippen LogP contribution in [0.3, 0.4) is 0 Å². The number of hydrogen-bond acceptors (Lipinski definition) is 5. The van der Waals surface area contributed by atoms with Gasteiger partial charge in [0.25, 0.3) is 5.91 Å². The normalized spacial score (nSPS) is 15.9. The molecule has 0 fully saturated rings. The van der Waals surface area contributed by atoms with Crippen LogP contribution >= 0.6 is 0 Å². The molecule has 0 unspecified atom stereocenters. The maximum absolute atomic E-state index is 12.0. The van der Waals surface area contributed by atoms with Crippen molar-refractivity contribution in [2.75, 3.05) is 11.9 Å². The van der Waals surface area contributed by atoms with Gasteiger partial charge in [-0.15, -0.1) is 0 Å². The zero-order chi connectivity index (χ0) is 16.4. The quantitative estimate of drug-likeness (QED) is 0.797. The molecule has 0 spiro atoms. The number of aromatic nitrogens is 2. The Balaban J connectivity index is 1.38. The molecule has 0 saturated carbocycles. The number of ether oxygens (including phenoxy) is 2. The van der Waals surface area contributed by atoms with Crippen molar-refractivity contribution >= 4 is 11.6 Å². The highest BCUT2D eigenvalue weighted by Gasteiger charge is 2.21. The highest BCUT2D eigenvalue weighted by molar-refractivity contribution is 6.03. The number of amides is 1. The SMILES string of the molecule is O=C(Nc1cnn(C[C@H]2COc3ccccc3O2)c1)c1ccoc1. The lowest BCUT2D eigenvalue weighted by atomic mass is 10.2. The van der Waals surface area contributed by atoms with Crippen molar-refractivity contribution in [2.24, 2.45) is 0 Å². The summed E-state index contributed by atoms with van der Waals surface area (Å²) in [7, 11) is 0. The fraction of sp³-hybridized carbons (Fsp3) is 0.176. The summed E-state index contributed by atoms with van der Waals surface area (Å²) in [6.07, 6.45) is 6.05. The third kappa shape index (κ3) is 2.96. The van der Waals surface area contributed by atoms with Crippen LogP contribution < -0.4 is 14.8 Å². The fourth-order valence-electron chi connectivity index (χ4n) is 2.49. The van der Waals surface area contributed by atoms with Crippen molar-refractivity contribution in [3.8, 4) is 11.5 Å². The van der Waals surface area contributed by atoms with Crippen LogP contribution in [0.2, 0.25) is 0 Å². The molecule has 0 bridgehead atoms. The van der Waals surface area contributed by atoms with Gasteiger partial charge in [0.2, 0.25) is 0 Å². The molecular formula is C17H15N3O4. The van der Waals surface area contributed by atoms with E-state index in [1.165, 1.54) is 12.5 Å². The first-order chi connectivity index (χ1) is 11.8. The van der Waals surface area contributed by atoms with Gasteiger partial charge in [-0.05, 0) is 18.2 Å². The molecule has 7 nitrogen and oxygen atoms in total. The van der Waals surface area contributed by atoms with E-state index in [2.05, 4.69) is 10.4 Å². The minimum Gasteiger partial charge on any atom is -0.486 e. The predicted molar refractivity (Wildman–Crippen MR) is 85.2 cm³/mol. The summed E-state index contributed by atoms with van der Waals surface area (Å²) in [6.45, 7) is 0.976. The number of furan rings is 1. The lowest BCUT2D eigenvalue weighted by molar-refractivity contribution is 0.0759. The summed E-state index contributed by atoms with van der Waals surface area (Å²) < 4.78 is 18.2. The van der Waals surface area contributed by atoms with Crippen LogP contribution in [-0.2, 0) is 6.54 Å². The van der Waals surface area contributed by atoms with E-state index < -0.39 is 0 Å². The van der Waals surface area contributed by atoms with E-state index in [1.807, 2.05) is 24.3 Å². The van der Waals surface area contributed by atoms with Crippen molar-refractivity contribution in [1.29, 1.82) is 0 Å². The average molecular weight is 325 g/mol. The van der Waals surface area contributed by atoms with Gasteiger partial charge in [0.1, 0.15) is 12.9 Å². The van der Waals surface area contributed by atoms with E-state index in [9.17, 15) is 4.79 Å². The van der Waals surface area contributed by atoms with Gasteiger partial charge in [-0.25, -0.2) is 0 Å². The molecule has 0 radical (unpaired) electrons. The van der Waals surface area contributed by atoms with Crippen LogP contribution in [0.15, 0.2) is 59.7 Å². The minimum atomic E-state index is -0.241. The molecule has 0 saturated heterocycles. The number of rotatable bonds is 4. The molecule has 0 aliphatic carbocycles. The van der Waals surface area contributed by atoms with Gasteiger partial charge in [-0.3, -0.25) is 9.48 Å². The number of benzene rings is 1. The summed E-state index contributed by atoms with van der Waals surface area (Å²) in [5.41, 5.74) is 1.07. The van der Waals surface area contributed by atoms with Crippen molar-refractivity contribution in [3.05, 3.63) is 60.8 Å². The number of carbonyl (C=O) groups excluding carboxylic acids is 1. The first-order valence-corrected chi connectivity index (χ1v) is 7.52. The van der Waals surface area contributed by atoms with E-state index in [-0.39, 0.29) is 12.0 Å². The van der Waals surface area contributed by atoms with E-state index in [1.54, 1.807) is 23.1 Å². The number of para-hydroxylation sites is 2. The van der Waals surface area contributed by atoms with Gasteiger partial charge in [-0.1, -0.05) is 12.1 Å². The van der Waals surface area contributed by atoms with Crippen molar-refractivity contribution in [3.63, 3.8) is 0 Å². The lowest BCUT2D eigenvalue weighted by Crippen LogP contribution is -2.33. The molecular weight excluding hydrogens is 310 g/mol. The predicted octanol–water partition coefficient (Wildman–Crippen LogP) is 2.57. The summed E-state index contributed by atoms with van der Waals surface area (Å²) in [5.74, 6) is 1.24. The van der Waals surface area contributed by atoms with Gasteiger partial charge in [0.05, 0.1) is 30.3 Å². The average Bonchev–Trinajstić information content (AvgIpc) is 3.27. The molecule has 1 aromatic carbocycles. The van der Waals surface area contributed by atoms with Crippen LogP contribution in [0.4, 0.5) is 5.69 Å². The Labute approximate surface area is 137 Å². The second-order valence-corrected chi connectivity index (χ2v) is 5.41. The molecule has 122 valence electrons. The third-order valence-corrected chi connectivity index (χ3v) is 3.63. The van der Waals surface area contributed by atoms with Gasteiger partial charge in [-0.2, -0.15) is 5.10 Å². The Morgan fingerprint density at radius 3 is 3.00 bits per heavy atom. The van der Waals surface area contributed by atoms with E-state index in [4.69, 9.17) is 13.9 Å². The number of carbonyl (C=O) groups is 1. The molecule has 1 aliphatic heterocycles. The summed E-state index contributed by atoms with van der Waals surface area (Å²) >= 11 is 0. The van der Waals surface area contributed by atoms with Crippen molar-refractivity contribution in [2.45, 2.75) is 12.6 Å². The standard InChI is InChI=1S/C17H15N3O4/c21-17(12-5-6-22-10-12)19-13-7-18-20(8-13)9-14-11-23-15-3-1-2-4-16(15)24-14/h1-8,10,14H,9,11H2,(H,19,21)/t14-/m0/s1. The number of fused-ring (bicyclic) bond motifs is 1. The molecule has 4 rings (SSSR count). The second kappa shape index (κ2) is 6.11. The lowest BCUT2D eigenvalue weighted by Gasteiger charge is -2.26. The van der Waals surface area contributed by atoms with Crippen LogP contribution in [0.1, 0.15) is 10.4 Å². The Morgan fingerprint density at radius 2 is 2.17 bits per heavy atom. The van der Waals surface area contributed by atoms with E-state index >= 15 is 0 Å². The van der Waals surface area contributed by atoms with Crippen LogP contribution in [0.5, 0.6) is 11.5 Å². The van der Waals surface area contributed by atoms with Gasteiger partial charge < -0.3 is 19.2 Å². The zero-order valence-electron chi connectivity index (χ0n) is 12.7. The number of nitrogens with zero attached hydrogens (tertiary/aromatic N) is 2. The molecule has 1 N–H and O–H groups in total. The van der Waals surface area contributed by atoms with Gasteiger partial charge in [0, 0.05) is 6.20 Å². The van der Waals surface area contributed by atoms with E-state index in [0.29, 0.717) is 24.4 Å². The smallest absolute Gasteiger partial charge is 0.259 e. The van der Waals surface area contributed by atoms with Crippen molar-refractivity contribution in [1.82, 2.24) is 9.78 Å². The van der Waals surface area contributed by atoms with Gasteiger partial charge in [0.15, 0.2) is 17.6 Å². The second-order valence-electron chi connectivity index (χ2n) is 5.41. The Morgan fingerprint density at radius 1 is 1.29 bits per heavy atom. The Hall–Kier alpha value is -3.22. The first-order valence-electron chi connectivity index (χ1n) is 7.52. The largest absolute Gasteiger partial charge is 0.486 e. The maximum atomic E-state index is 12.0. The molecule has 1 amide bonds. The number of nitrogens with one attached hydrogen (secondary N) is 1. The topological polar surface area (TPSA) is 78.5 Å². The third-order valence-electron chi connectivity index (χ3n) is 3.63. The van der Waals surface area contributed by atoms with Crippen molar-refractivity contribution < 1.29 is 18.7 Å². The number of hydrogen-bond donors (Lipinski definition) is 1. The minimum absolute atomic E-state index is 0.141. The Kier molecular flexibility index (Phi) is 3.66. The molecule has 24 heavy (non-hydrogen) atoms. The van der Waals surface area contributed by atoms with E-state index in [0.717, 1.165) is 11.5 Å². The molecule has 1 aliphatic rings. The van der Waals surface area contributed by atoms with Crippen LogP contribution in [0.25, 0.3) is 0 Å². The molecule has 3 heterocycles. The van der Waals surface area contributed by atoms with Gasteiger partial charge >= 0.3 is 0 Å². The Bertz CT molecular complexity index is 841. The fourth-order valence-corrected chi connectivity index (χ4v) is 2.49. The summed E-state index contributed by atoms with van der Waals surface area (Å²) in [4.78, 5) is 12.0. The van der Waals surface area contributed by atoms with Crippen LogP contribution in [-0.4, -0.2) is 28.4 Å². The van der Waals surface area contributed by atoms with Crippen LogP contribution in [0, 0.1) is 0 Å². The molecule has 3 aromatic rings. The molecule has 1 atom stereocenters.